The third-order valence-electron chi connectivity index (χ3n) is 6.97. The van der Waals surface area contributed by atoms with Crippen LogP contribution in [0.15, 0.2) is 48.5 Å². The van der Waals surface area contributed by atoms with Gasteiger partial charge in [-0.25, -0.2) is 4.39 Å². The predicted octanol–water partition coefficient (Wildman–Crippen LogP) is 2.85. The van der Waals surface area contributed by atoms with E-state index < -0.39 is 0 Å². The number of nitrogens with zero attached hydrogens (tertiary/aromatic N) is 3. The molecule has 34 heavy (non-hydrogen) atoms. The Balaban J connectivity index is 1.14. The Morgan fingerprint density at radius 2 is 1.71 bits per heavy atom. The van der Waals surface area contributed by atoms with E-state index in [1.54, 1.807) is 18.2 Å². The molecule has 0 aliphatic carbocycles. The molecular weight excluding hydrogens is 431 g/mol. The molecule has 2 fully saturated rings. The topological polar surface area (TPSA) is 55.9 Å². The molecule has 1 N–H and O–H groups in total. The molecular formula is C27H35FN4O2. The van der Waals surface area contributed by atoms with E-state index in [1.165, 1.54) is 17.3 Å². The van der Waals surface area contributed by atoms with Gasteiger partial charge in [-0.2, -0.15) is 0 Å². The third-order valence-corrected chi connectivity index (χ3v) is 6.97. The molecule has 182 valence electrons. The molecule has 0 bridgehead atoms. The largest absolute Gasteiger partial charge is 0.368 e. The maximum atomic E-state index is 13.7. The van der Waals surface area contributed by atoms with Gasteiger partial charge >= 0.3 is 0 Å². The van der Waals surface area contributed by atoms with Gasteiger partial charge in [-0.05, 0) is 68.6 Å². The molecule has 0 aromatic heterocycles. The van der Waals surface area contributed by atoms with Gasteiger partial charge in [0.25, 0.3) is 0 Å². The number of piperidine rings is 1. The lowest BCUT2D eigenvalue weighted by atomic mass is 9.95. The first kappa shape index (κ1) is 24.2. The Morgan fingerprint density at radius 3 is 2.41 bits per heavy atom. The summed E-state index contributed by atoms with van der Waals surface area (Å²) in [4.78, 5) is 31.8. The smallest absolute Gasteiger partial charge is 0.236 e. The maximum absolute atomic E-state index is 13.7. The number of likely N-dealkylation sites (tertiary alicyclic amines) is 1. The molecule has 0 unspecified atom stereocenters. The number of halogens is 1. The second kappa shape index (κ2) is 11.5. The number of rotatable bonds is 7. The van der Waals surface area contributed by atoms with Crippen LogP contribution in [0.5, 0.6) is 0 Å². The van der Waals surface area contributed by atoms with E-state index in [0.29, 0.717) is 25.1 Å². The number of aryl methyl sites for hydroxylation is 1. The number of carbonyl (C=O) groups excluding carboxylic acids is 2. The minimum absolute atomic E-state index is 0.0367. The Hall–Kier alpha value is -2.93. The molecule has 2 saturated heterocycles. The Bertz CT molecular complexity index is 982. The van der Waals surface area contributed by atoms with Crippen LogP contribution in [0.3, 0.4) is 0 Å². The number of benzene rings is 2. The summed E-state index contributed by atoms with van der Waals surface area (Å²) in [7, 11) is 0. The van der Waals surface area contributed by atoms with Crippen molar-refractivity contribution in [3.63, 3.8) is 0 Å². The van der Waals surface area contributed by atoms with Gasteiger partial charge in [0.1, 0.15) is 5.82 Å². The lowest BCUT2D eigenvalue weighted by molar-refractivity contribution is -0.133. The predicted molar refractivity (Wildman–Crippen MR) is 132 cm³/mol. The molecule has 2 aromatic carbocycles. The van der Waals surface area contributed by atoms with Gasteiger partial charge in [0, 0.05) is 44.3 Å². The zero-order valence-electron chi connectivity index (χ0n) is 20.0. The van der Waals surface area contributed by atoms with E-state index in [9.17, 15) is 14.0 Å². The average molecular weight is 467 g/mol. The normalized spacial score (nSPS) is 17.6. The van der Waals surface area contributed by atoms with Gasteiger partial charge < -0.3 is 15.1 Å². The highest BCUT2D eigenvalue weighted by molar-refractivity contribution is 5.79. The molecule has 2 aromatic rings. The van der Waals surface area contributed by atoms with E-state index in [0.717, 1.165) is 52.1 Å². The quantitative estimate of drug-likeness (QED) is 0.682. The number of amides is 2. The van der Waals surface area contributed by atoms with Crippen molar-refractivity contribution in [2.24, 2.45) is 5.92 Å². The molecule has 0 spiro atoms. The number of nitrogens with one attached hydrogen (secondary N) is 1. The first-order valence-electron chi connectivity index (χ1n) is 12.3. The van der Waals surface area contributed by atoms with Gasteiger partial charge in [-0.3, -0.25) is 14.5 Å². The second-order valence-corrected chi connectivity index (χ2v) is 9.39. The first-order valence-corrected chi connectivity index (χ1v) is 12.3. The van der Waals surface area contributed by atoms with Gasteiger partial charge in [-0.15, -0.1) is 0 Å². The van der Waals surface area contributed by atoms with Crippen LogP contribution < -0.4 is 10.2 Å². The molecule has 2 aliphatic rings. The molecule has 7 heteroatoms. The summed E-state index contributed by atoms with van der Waals surface area (Å²) in [5, 5.41) is 2.95. The fraction of sp³-hybridized carbons (Fsp3) is 0.481. The lowest BCUT2D eigenvalue weighted by Crippen LogP contribution is -2.52. The summed E-state index contributed by atoms with van der Waals surface area (Å²) in [6.45, 7) is 7.65. The molecule has 0 atom stereocenters. The van der Waals surface area contributed by atoms with Gasteiger partial charge in [-0.1, -0.05) is 30.3 Å². The zero-order valence-corrected chi connectivity index (χ0v) is 20.0. The fourth-order valence-corrected chi connectivity index (χ4v) is 4.85. The third kappa shape index (κ3) is 6.35. The summed E-state index contributed by atoms with van der Waals surface area (Å²) >= 11 is 0. The number of piperazine rings is 1. The highest BCUT2D eigenvalue weighted by atomic mass is 19.1. The summed E-state index contributed by atoms with van der Waals surface area (Å²) in [6, 6.07) is 15.2. The minimum Gasteiger partial charge on any atom is -0.368 e. The molecule has 4 rings (SSSR count). The molecule has 2 aliphatic heterocycles. The maximum Gasteiger partial charge on any atom is 0.236 e. The van der Waals surface area contributed by atoms with Crippen LogP contribution in [-0.2, 0) is 16.0 Å². The average Bonchev–Trinajstić information content (AvgIpc) is 2.85. The van der Waals surface area contributed by atoms with Crippen molar-refractivity contribution in [2.75, 3.05) is 57.3 Å². The summed E-state index contributed by atoms with van der Waals surface area (Å²) in [6.07, 6.45) is 1.99. The van der Waals surface area contributed by atoms with Crippen molar-refractivity contribution in [3.8, 4) is 0 Å². The molecule has 2 amide bonds. The molecule has 6 nitrogen and oxygen atoms in total. The fourth-order valence-electron chi connectivity index (χ4n) is 4.85. The van der Waals surface area contributed by atoms with E-state index in [4.69, 9.17) is 0 Å². The number of hydrogen-bond donors (Lipinski definition) is 1. The second-order valence-electron chi connectivity index (χ2n) is 9.39. The van der Waals surface area contributed by atoms with Crippen LogP contribution in [0, 0.1) is 18.7 Å². The lowest BCUT2D eigenvalue weighted by Gasteiger charge is -2.38. The summed E-state index contributed by atoms with van der Waals surface area (Å²) in [5.41, 5.74) is 3.09. The van der Waals surface area contributed by atoms with Gasteiger partial charge in [0.15, 0.2) is 0 Å². The van der Waals surface area contributed by atoms with Crippen molar-refractivity contribution in [1.29, 1.82) is 0 Å². The van der Waals surface area contributed by atoms with Crippen molar-refractivity contribution in [2.45, 2.75) is 26.2 Å². The highest BCUT2D eigenvalue weighted by Crippen LogP contribution is 2.20. The zero-order chi connectivity index (χ0) is 23.9. The van der Waals surface area contributed by atoms with Crippen LogP contribution in [0.1, 0.15) is 24.0 Å². The van der Waals surface area contributed by atoms with Crippen LogP contribution in [0.2, 0.25) is 0 Å². The Labute approximate surface area is 201 Å². The first-order chi connectivity index (χ1) is 16.5. The van der Waals surface area contributed by atoms with Crippen molar-refractivity contribution in [1.82, 2.24) is 15.1 Å². The van der Waals surface area contributed by atoms with Crippen LogP contribution in [0.25, 0.3) is 0 Å². The monoisotopic (exact) mass is 466 g/mol. The number of anilines is 1. The highest BCUT2D eigenvalue weighted by Gasteiger charge is 2.28. The van der Waals surface area contributed by atoms with Crippen molar-refractivity contribution >= 4 is 17.5 Å². The number of carbonyl (C=O) groups is 2. The Kier molecular flexibility index (Phi) is 8.16. The molecule has 0 saturated carbocycles. The standard InChI is InChI=1S/C27H35FN4O2/c1-21-5-4-7-24(19-21)31-15-17-32(18-16-31)26(33)20-30-13-10-23(11-14-30)27(34)29-12-9-22-6-2-3-8-25(22)28/h2-8,19,23H,9-18,20H2,1H3,(H,29,34). The SMILES string of the molecule is Cc1cccc(N2CCN(C(=O)CN3CCC(C(=O)NCCc4ccccc4F)CC3)CC2)c1. The molecule has 0 radical (unpaired) electrons. The number of hydrogen-bond acceptors (Lipinski definition) is 4. The van der Waals surface area contributed by atoms with E-state index >= 15 is 0 Å². The van der Waals surface area contributed by atoms with Crippen LogP contribution in [0.4, 0.5) is 10.1 Å². The minimum atomic E-state index is -0.230. The summed E-state index contributed by atoms with van der Waals surface area (Å²) < 4.78 is 13.7. The van der Waals surface area contributed by atoms with Gasteiger partial charge in [0.2, 0.25) is 11.8 Å². The van der Waals surface area contributed by atoms with E-state index in [2.05, 4.69) is 46.3 Å². The van der Waals surface area contributed by atoms with Crippen LogP contribution >= 0.6 is 0 Å². The van der Waals surface area contributed by atoms with E-state index in [1.807, 2.05) is 4.90 Å². The van der Waals surface area contributed by atoms with Gasteiger partial charge in [0.05, 0.1) is 6.54 Å². The summed E-state index contributed by atoms with van der Waals surface area (Å²) in [5.74, 6) is -0.0533. The van der Waals surface area contributed by atoms with Crippen molar-refractivity contribution < 1.29 is 14.0 Å². The van der Waals surface area contributed by atoms with Crippen LogP contribution in [-0.4, -0.2) is 74.0 Å². The van der Waals surface area contributed by atoms with Crippen molar-refractivity contribution in [3.05, 3.63) is 65.5 Å². The molecule has 2 heterocycles. The Morgan fingerprint density at radius 1 is 0.971 bits per heavy atom. The van der Waals surface area contributed by atoms with E-state index in [-0.39, 0.29) is 23.5 Å².